The Kier molecular flexibility index (Phi) is 3.14. The summed E-state index contributed by atoms with van der Waals surface area (Å²) in [5, 5.41) is 10.5. The maximum atomic E-state index is 9.15. The molecule has 1 N–H and O–H groups in total. The van der Waals surface area contributed by atoms with E-state index in [9.17, 15) is 0 Å². The third-order valence-corrected chi connectivity index (χ3v) is 3.20. The van der Waals surface area contributed by atoms with Gasteiger partial charge >= 0.3 is 0 Å². The number of halogens is 1. The summed E-state index contributed by atoms with van der Waals surface area (Å²) in [6.45, 7) is 0. The van der Waals surface area contributed by atoms with E-state index in [-0.39, 0.29) is 0 Å². The van der Waals surface area contributed by atoms with Gasteiger partial charge in [0.05, 0.1) is 0 Å². The average Bonchev–Trinajstić information content (AvgIpc) is 1.88. The maximum Gasteiger partial charge on any atom is 0.0472 e. The van der Waals surface area contributed by atoms with Gasteiger partial charge in [-0.05, 0) is 12.8 Å². The molecule has 2 unspecified atom stereocenters. The van der Waals surface area contributed by atoms with Crippen LogP contribution in [0.1, 0.15) is 25.7 Å². The molecule has 60 valence electrons. The summed E-state index contributed by atoms with van der Waals surface area (Å²) < 4.78 is 0. The van der Waals surface area contributed by atoms with Crippen molar-refractivity contribution >= 4 is 15.9 Å². The van der Waals surface area contributed by atoms with Crippen LogP contribution in [0.5, 0.6) is 0 Å². The summed E-state index contributed by atoms with van der Waals surface area (Å²) in [7, 11) is 1.73. The lowest BCUT2D eigenvalue weighted by atomic mass is 9.95. The molecule has 1 rings (SSSR count). The first kappa shape index (κ1) is 8.50. The fraction of sp³-hybridized carbons (Fsp3) is 1.00. The van der Waals surface area contributed by atoms with E-state index in [0.29, 0.717) is 10.9 Å². The first-order chi connectivity index (χ1) is 4.72. The van der Waals surface area contributed by atoms with Gasteiger partial charge in [-0.15, -0.1) is 0 Å². The molecular weight excluding hydrogens is 194 g/mol. The molecule has 0 aromatic heterocycles. The molecule has 0 heterocycles. The third-order valence-electron chi connectivity index (χ3n) is 2.13. The minimum Gasteiger partial charge on any atom is -0.314 e. The maximum absolute atomic E-state index is 9.15. The molecule has 2 atom stereocenters. The summed E-state index contributed by atoms with van der Waals surface area (Å²) >= 11 is 3.55. The molecule has 0 aromatic rings. The quantitative estimate of drug-likeness (QED) is 0.526. The summed E-state index contributed by atoms with van der Waals surface area (Å²) in [5.74, 6) is 0. The van der Waals surface area contributed by atoms with E-state index < -0.39 is 0 Å². The molecule has 1 aliphatic carbocycles. The van der Waals surface area contributed by atoms with Crippen LogP contribution in [-0.4, -0.2) is 28.2 Å². The minimum absolute atomic E-state index is 0.328. The minimum atomic E-state index is 0.328. The van der Waals surface area contributed by atoms with Gasteiger partial charge in [-0.1, -0.05) is 28.8 Å². The lowest BCUT2D eigenvalue weighted by Crippen LogP contribution is -2.38. The highest BCUT2D eigenvalue weighted by molar-refractivity contribution is 9.09. The fourth-order valence-electron chi connectivity index (χ4n) is 1.49. The fourth-order valence-corrected chi connectivity index (χ4v) is 2.42. The number of nitrogens with zero attached hydrogens (tertiary/aromatic N) is 1. The first-order valence-corrected chi connectivity index (χ1v) is 4.69. The van der Waals surface area contributed by atoms with Gasteiger partial charge in [-0.2, -0.15) is 5.06 Å². The van der Waals surface area contributed by atoms with E-state index in [1.165, 1.54) is 24.3 Å². The first-order valence-electron chi connectivity index (χ1n) is 3.77. The molecule has 3 heteroatoms. The van der Waals surface area contributed by atoms with Crippen LogP contribution in [0, 0.1) is 0 Å². The van der Waals surface area contributed by atoms with Crippen molar-refractivity contribution in [1.82, 2.24) is 5.06 Å². The number of alkyl halides is 1. The van der Waals surface area contributed by atoms with Crippen molar-refractivity contribution < 1.29 is 5.21 Å². The largest absolute Gasteiger partial charge is 0.314 e. The predicted molar refractivity (Wildman–Crippen MR) is 44.5 cm³/mol. The standard InChI is InChI=1S/C7H14BrNO/c1-9(10)7-5-3-2-4-6(7)8/h6-7,10H,2-5H2,1H3. The van der Waals surface area contributed by atoms with Gasteiger partial charge in [-0.25, -0.2) is 0 Å². The molecule has 1 aliphatic rings. The summed E-state index contributed by atoms with van der Waals surface area (Å²) in [6, 6.07) is 0.328. The molecule has 0 aliphatic heterocycles. The van der Waals surface area contributed by atoms with Gasteiger partial charge in [0.1, 0.15) is 0 Å². The van der Waals surface area contributed by atoms with Crippen LogP contribution in [0.4, 0.5) is 0 Å². The van der Waals surface area contributed by atoms with E-state index in [1.807, 2.05) is 0 Å². The lowest BCUT2D eigenvalue weighted by Gasteiger charge is -2.30. The summed E-state index contributed by atoms with van der Waals surface area (Å²) in [5.41, 5.74) is 0. The molecule has 0 aromatic carbocycles. The van der Waals surface area contributed by atoms with Gasteiger partial charge in [0, 0.05) is 17.9 Å². The molecule has 0 spiro atoms. The molecule has 10 heavy (non-hydrogen) atoms. The van der Waals surface area contributed by atoms with Crippen molar-refractivity contribution in [2.75, 3.05) is 7.05 Å². The van der Waals surface area contributed by atoms with Crippen LogP contribution in [0.15, 0.2) is 0 Å². The molecule has 2 nitrogen and oxygen atoms in total. The highest BCUT2D eigenvalue weighted by atomic mass is 79.9. The van der Waals surface area contributed by atoms with Gasteiger partial charge in [0.15, 0.2) is 0 Å². The molecule has 0 bridgehead atoms. The SMILES string of the molecule is CN(O)C1CCCCC1Br. The van der Waals surface area contributed by atoms with E-state index in [4.69, 9.17) is 5.21 Å². The van der Waals surface area contributed by atoms with Crippen LogP contribution in [-0.2, 0) is 0 Å². The molecule has 1 fully saturated rings. The zero-order valence-corrected chi connectivity index (χ0v) is 7.84. The van der Waals surface area contributed by atoms with Crippen molar-refractivity contribution in [3.63, 3.8) is 0 Å². The van der Waals surface area contributed by atoms with E-state index in [0.717, 1.165) is 6.42 Å². The van der Waals surface area contributed by atoms with Gasteiger partial charge in [0.2, 0.25) is 0 Å². The van der Waals surface area contributed by atoms with Crippen LogP contribution < -0.4 is 0 Å². The zero-order chi connectivity index (χ0) is 7.56. The number of hydrogen-bond acceptors (Lipinski definition) is 2. The average molecular weight is 208 g/mol. The normalized spacial score (nSPS) is 34.8. The van der Waals surface area contributed by atoms with E-state index in [1.54, 1.807) is 7.05 Å². The monoisotopic (exact) mass is 207 g/mol. The lowest BCUT2D eigenvalue weighted by molar-refractivity contribution is -0.108. The Hall–Kier alpha value is 0.400. The van der Waals surface area contributed by atoms with E-state index >= 15 is 0 Å². The predicted octanol–water partition coefficient (Wildman–Crippen LogP) is 2.01. The Labute approximate surface area is 70.3 Å². The van der Waals surface area contributed by atoms with Gasteiger partial charge in [-0.3, -0.25) is 0 Å². The smallest absolute Gasteiger partial charge is 0.0472 e. The molecular formula is C7H14BrNO. The number of hydroxylamine groups is 2. The topological polar surface area (TPSA) is 23.5 Å². The Morgan fingerprint density at radius 2 is 2.00 bits per heavy atom. The van der Waals surface area contributed by atoms with Crippen molar-refractivity contribution in [3.8, 4) is 0 Å². The Balaban J connectivity index is 2.40. The highest BCUT2D eigenvalue weighted by Gasteiger charge is 2.25. The molecule has 1 saturated carbocycles. The Bertz CT molecular complexity index is 108. The number of hydrogen-bond donors (Lipinski definition) is 1. The number of rotatable bonds is 1. The second-order valence-electron chi connectivity index (χ2n) is 2.94. The van der Waals surface area contributed by atoms with E-state index in [2.05, 4.69) is 15.9 Å². The van der Waals surface area contributed by atoms with Crippen molar-refractivity contribution in [2.24, 2.45) is 0 Å². The summed E-state index contributed by atoms with van der Waals surface area (Å²) in [6.07, 6.45) is 4.84. The van der Waals surface area contributed by atoms with Crippen LogP contribution in [0.25, 0.3) is 0 Å². The highest BCUT2D eigenvalue weighted by Crippen LogP contribution is 2.26. The van der Waals surface area contributed by atoms with Gasteiger partial charge in [0.25, 0.3) is 0 Å². The Morgan fingerprint density at radius 1 is 1.40 bits per heavy atom. The third kappa shape index (κ3) is 1.94. The summed E-state index contributed by atoms with van der Waals surface area (Å²) in [4.78, 5) is 0.483. The van der Waals surface area contributed by atoms with Gasteiger partial charge < -0.3 is 5.21 Å². The van der Waals surface area contributed by atoms with Crippen molar-refractivity contribution in [1.29, 1.82) is 0 Å². The second-order valence-corrected chi connectivity index (χ2v) is 4.12. The van der Waals surface area contributed by atoms with Crippen LogP contribution in [0.3, 0.4) is 0 Å². The zero-order valence-electron chi connectivity index (χ0n) is 6.26. The van der Waals surface area contributed by atoms with Crippen molar-refractivity contribution in [2.45, 2.75) is 36.6 Å². The molecule has 0 saturated heterocycles. The van der Waals surface area contributed by atoms with Crippen molar-refractivity contribution in [3.05, 3.63) is 0 Å². The molecule has 0 amide bonds. The molecule has 0 radical (unpaired) electrons. The van der Waals surface area contributed by atoms with Crippen LogP contribution >= 0.6 is 15.9 Å². The van der Waals surface area contributed by atoms with Crippen LogP contribution in [0.2, 0.25) is 0 Å². The second kappa shape index (κ2) is 3.69. The Morgan fingerprint density at radius 3 is 2.40 bits per heavy atom.